The molecular weight excluding hydrogens is 272 g/mol. The Hall–Kier alpha value is -2.14. The van der Waals surface area contributed by atoms with Crippen molar-refractivity contribution >= 4 is 11.6 Å². The van der Waals surface area contributed by atoms with Gasteiger partial charge in [-0.3, -0.25) is 9.59 Å². The number of phenols is 1. The van der Waals surface area contributed by atoms with Crippen LogP contribution in [0.4, 0.5) is 0 Å². The van der Waals surface area contributed by atoms with E-state index in [1.165, 1.54) is 7.11 Å². The molecule has 1 unspecified atom stereocenters. The number of ether oxygens (including phenoxy) is 1. The van der Waals surface area contributed by atoms with Gasteiger partial charge in [-0.25, -0.2) is 0 Å². The lowest BCUT2D eigenvalue weighted by molar-refractivity contribution is 0.0913. The number of hydrogen-bond acceptors (Lipinski definition) is 5. The molecule has 0 saturated carbocycles. The number of phenolic OH excluding ortho intramolecular Hbond substituents is 1. The number of aliphatic hydroxyl groups is 1. The second-order valence-electron chi connectivity index (χ2n) is 5.10. The van der Waals surface area contributed by atoms with Gasteiger partial charge in [0.25, 0.3) is 0 Å². The van der Waals surface area contributed by atoms with Crippen LogP contribution in [-0.4, -0.2) is 35.0 Å². The van der Waals surface area contributed by atoms with Crippen molar-refractivity contribution in [3.05, 3.63) is 40.2 Å². The molecule has 0 spiro atoms. The highest BCUT2D eigenvalue weighted by molar-refractivity contribution is 6.25. The summed E-state index contributed by atoms with van der Waals surface area (Å²) in [6, 6.07) is 1.62. The molecule has 1 aromatic rings. The maximum Gasteiger partial charge on any atom is 0.232 e. The van der Waals surface area contributed by atoms with Gasteiger partial charge in [0.15, 0.2) is 11.5 Å². The average molecular weight is 290 g/mol. The first kappa shape index (κ1) is 15.3. The van der Waals surface area contributed by atoms with Crippen LogP contribution >= 0.6 is 0 Å². The lowest BCUT2D eigenvalue weighted by Crippen LogP contribution is -2.20. The quantitative estimate of drug-likeness (QED) is 0.883. The van der Waals surface area contributed by atoms with Crippen molar-refractivity contribution in [3.8, 4) is 5.75 Å². The van der Waals surface area contributed by atoms with Crippen LogP contribution in [0.15, 0.2) is 17.9 Å². The van der Waals surface area contributed by atoms with E-state index in [9.17, 15) is 19.8 Å². The second-order valence-corrected chi connectivity index (χ2v) is 5.10. The maximum atomic E-state index is 12.3. The molecule has 1 atom stereocenters. The number of hydrogen-bond donors (Lipinski definition) is 2. The Morgan fingerprint density at radius 1 is 1.33 bits per heavy atom. The molecule has 1 aliphatic rings. The van der Waals surface area contributed by atoms with Gasteiger partial charge >= 0.3 is 0 Å². The van der Waals surface area contributed by atoms with Crippen molar-refractivity contribution in [2.24, 2.45) is 0 Å². The number of methoxy groups -OCH3 is 1. The summed E-state index contributed by atoms with van der Waals surface area (Å²) in [6.07, 6.45) is 1.28. The van der Waals surface area contributed by atoms with Gasteiger partial charge in [-0.05, 0) is 25.0 Å². The van der Waals surface area contributed by atoms with Crippen LogP contribution in [0.2, 0.25) is 0 Å². The summed E-state index contributed by atoms with van der Waals surface area (Å²) < 4.78 is 4.89. The predicted octanol–water partition coefficient (Wildman–Crippen LogP) is 1.79. The molecule has 2 N–H and O–H groups in total. The van der Waals surface area contributed by atoms with E-state index in [1.54, 1.807) is 13.0 Å². The number of fused-ring (bicyclic) bond motifs is 1. The van der Waals surface area contributed by atoms with Crippen LogP contribution in [0.5, 0.6) is 5.75 Å². The summed E-state index contributed by atoms with van der Waals surface area (Å²) in [5, 5.41) is 20.0. The van der Waals surface area contributed by atoms with Crippen molar-refractivity contribution in [2.75, 3.05) is 7.11 Å². The van der Waals surface area contributed by atoms with Crippen molar-refractivity contribution in [2.45, 2.75) is 32.8 Å². The third kappa shape index (κ3) is 2.56. The summed E-state index contributed by atoms with van der Waals surface area (Å²) in [5.41, 5.74) is 1.41. The summed E-state index contributed by atoms with van der Waals surface area (Å²) in [7, 11) is 1.30. The molecule has 0 heterocycles. The van der Waals surface area contributed by atoms with Crippen LogP contribution in [0, 0.1) is 0 Å². The molecule has 1 aromatic carbocycles. The first-order valence-corrected chi connectivity index (χ1v) is 6.81. The highest BCUT2D eigenvalue weighted by Crippen LogP contribution is 2.35. The zero-order valence-electron chi connectivity index (χ0n) is 12.3. The van der Waals surface area contributed by atoms with Crippen molar-refractivity contribution < 1.29 is 24.5 Å². The zero-order valence-corrected chi connectivity index (χ0v) is 12.3. The van der Waals surface area contributed by atoms with Crippen LogP contribution in [0.3, 0.4) is 0 Å². The Labute approximate surface area is 122 Å². The highest BCUT2D eigenvalue weighted by atomic mass is 16.5. The number of aryl methyl sites for hydroxylation is 1. The number of rotatable bonds is 4. The molecule has 0 saturated heterocycles. The Morgan fingerprint density at radius 3 is 2.52 bits per heavy atom. The first-order valence-electron chi connectivity index (χ1n) is 6.81. The van der Waals surface area contributed by atoms with E-state index in [4.69, 9.17) is 4.74 Å². The summed E-state index contributed by atoms with van der Waals surface area (Å²) in [5.74, 6) is -1.20. The standard InChI is InChI=1S/C16H18O5/c1-4-9-6-11-12(18)7-13(21-3)16(20)14(11)15(19)10(9)5-8(2)17/h6-8,17,19H,4-5H2,1-3H3. The molecule has 0 fully saturated rings. The number of carbonyl (C=O) groups is 2. The lowest BCUT2D eigenvalue weighted by Gasteiger charge is -2.20. The van der Waals surface area contributed by atoms with Gasteiger partial charge in [0.2, 0.25) is 5.78 Å². The van der Waals surface area contributed by atoms with E-state index < -0.39 is 11.9 Å². The van der Waals surface area contributed by atoms with Crippen LogP contribution in [0.1, 0.15) is 45.7 Å². The minimum Gasteiger partial charge on any atom is -0.507 e. The fourth-order valence-corrected chi connectivity index (χ4v) is 2.56. The van der Waals surface area contributed by atoms with Gasteiger partial charge in [-0.2, -0.15) is 0 Å². The van der Waals surface area contributed by atoms with E-state index in [0.29, 0.717) is 12.0 Å². The number of allylic oxidation sites excluding steroid dienone is 2. The fourth-order valence-electron chi connectivity index (χ4n) is 2.56. The molecule has 21 heavy (non-hydrogen) atoms. The number of carbonyl (C=O) groups excluding carboxylic acids is 2. The van der Waals surface area contributed by atoms with Gasteiger partial charge < -0.3 is 14.9 Å². The van der Waals surface area contributed by atoms with Gasteiger partial charge in [-0.15, -0.1) is 0 Å². The lowest BCUT2D eigenvalue weighted by atomic mass is 9.86. The number of Topliss-reactive ketones (excluding diaryl/α,β-unsaturated/α-hetero) is 1. The van der Waals surface area contributed by atoms with Crippen molar-refractivity contribution in [1.82, 2.24) is 0 Å². The summed E-state index contributed by atoms with van der Waals surface area (Å²) >= 11 is 0. The Kier molecular flexibility index (Phi) is 4.14. The number of ketones is 2. The van der Waals surface area contributed by atoms with Crippen LogP contribution in [-0.2, 0) is 17.6 Å². The average Bonchev–Trinajstić information content (AvgIpc) is 2.44. The molecule has 1 aliphatic carbocycles. The fraction of sp³-hybridized carbons (Fsp3) is 0.375. The monoisotopic (exact) mass is 290 g/mol. The van der Waals surface area contributed by atoms with Gasteiger partial charge in [0, 0.05) is 23.6 Å². The Morgan fingerprint density at radius 2 is 2.00 bits per heavy atom. The van der Waals surface area contributed by atoms with E-state index in [2.05, 4.69) is 0 Å². The molecule has 2 rings (SSSR count). The SMILES string of the molecule is CCc1cc2c(c(O)c1CC(C)O)C(=O)C(OC)=CC2=O. The third-order valence-electron chi connectivity index (χ3n) is 3.58. The van der Waals surface area contributed by atoms with E-state index in [-0.39, 0.29) is 34.8 Å². The van der Waals surface area contributed by atoms with Gasteiger partial charge in [0.1, 0.15) is 5.75 Å². The highest BCUT2D eigenvalue weighted by Gasteiger charge is 2.32. The minimum absolute atomic E-state index is 0.0350. The number of aliphatic hydroxyl groups excluding tert-OH is 1. The minimum atomic E-state index is -0.661. The maximum absolute atomic E-state index is 12.3. The molecule has 0 aromatic heterocycles. The predicted molar refractivity (Wildman–Crippen MR) is 76.6 cm³/mol. The van der Waals surface area contributed by atoms with Crippen molar-refractivity contribution in [1.29, 1.82) is 0 Å². The number of aromatic hydroxyl groups is 1. The summed E-state index contributed by atoms with van der Waals surface area (Å²) in [6.45, 7) is 3.49. The van der Waals surface area contributed by atoms with Gasteiger partial charge in [0.05, 0.1) is 18.8 Å². The Balaban J connectivity index is 2.70. The third-order valence-corrected chi connectivity index (χ3v) is 3.58. The largest absolute Gasteiger partial charge is 0.507 e. The molecule has 5 heteroatoms. The molecule has 0 amide bonds. The molecule has 112 valence electrons. The van der Waals surface area contributed by atoms with E-state index in [0.717, 1.165) is 11.6 Å². The number of benzene rings is 1. The molecule has 0 aliphatic heterocycles. The zero-order chi connectivity index (χ0) is 15.7. The topological polar surface area (TPSA) is 83.8 Å². The van der Waals surface area contributed by atoms with Gasteiger partial charge in [-0.1, -0.05) is 6.92 Å². The molecule has 5 nitrogen and oxygen atoms in total. The van der Waals surface area contributed by atoms with Crippen molar-refractivity contribution in [3.63, 3.8) is 0 Å². The molecule has 0 bridgehead atoms. The second kappa shape index (κ2) is 5.69. The van der Waals surface area contributed by atoms with Crippen LogP contribution < -0.4 is 0 Å². The first-order chi connectivity index (χ1) is 9.90. The normalized spacial score (nSPS) is 15.5. The Bertz CT molecular complexity index is 641. The molecule has 0 radical (unpaired) electrons. The molecular formula is C16H18O5. The summed E-state index contributed by atoms with van der Waals surface area (Å²) in [4.78, 5) is 24.4. The van der Waals surface area contributed by atoms with E-state index in [1.807, 2.05) is 6.92 Å². The van der Waals surface area contributed by atoms with E-state index >= 15 is 0 Å². The smallest absolute Gasteiger partial charge is 0.232 e. The van der Waals surface area contributed by atoms with Crippen LogP contribution in [0.25, 0.3) is 0 Å².